The number of hydrogen-bond acceptors (Lipinski definition) is 8. The van der Waals surface area contributed by atoms with Crippen LogP contribution in [0, 0.1) is 5.82 Å². The van der Waals surface area contributed by atoms with Gasteiger partial charge in [-0.1, -0.05) is 0 Å². The van der Waals surface area contributed by atoms with Crippen LogP contribution in [-0.2, 0) is 4.74 Å². The molecule has 0 aliphatic carbocycles. The van der Waals surface area contributed by atoms with Crippen LogP contribution in [0.4, 0.5) is 27.4 Å². The van der Waals surface area contributed by atoms with Gasteiger partial charge in [0.2, 0.25) is 0 Å². The van der Waals surface area contributed by atoms with Gasteiger partial charge in [-0.25, -0.2) is 19.2 Å². The van der Waals surface area contributed by atoms with Gasteiger partial charge < -0.3 is 15.8 Å². The van der Waals surface area contributed by atoms with E-state index in [9.17, 15) is 14.0 Å². The number of carbonyl (C=O) groups excluding carboxylic acids is 2. The summed E-state index contributed by atoms with van der Waals surface area (Å²) >= 11 is 0. The number of rotatable bonds is 7. The van der Waals surface area contributed by atoms with Crippen LogP contribution >= 0.6 is 0 Å². The predicted molar refractivity (Wildman–Crippen MR) is 110 cm³/mol. The van der Waals surface area contributed by atoms with Crippen LogP contribution < -0.4 is 21.9 Å². The van der Waals surface area contributed by atoms with Crippen molar-refractivity contribution >= 4 is 34.9 Å². The molecule has 0 atom stereocenters. The standard InChI is InChI=1S/C20H19FN6O3/c1-2-30-20(29)13-5-9-15(10-6-13)25-17-16(22)18(24-11-23-17)26-27-19(28)12-3-7-14(21)8-4-12/h3-11H,2,22H2,1H3,(H,27,28)(H2,23,24,25,26). The second-order valence-corrected chi connectivity index (χ2v) is 5.99. The Hall–Kier alpha value is -4.21. The van der Waals surface area contributed by atoms with E-state index in [-0.39, 0.29) is 17.1 Å². The van der Waals surface area contributed by atoms with Crippen LogP contribution in [0.1, 0.15) is 27.6 Å². The first-order valence-electron chi connectivity index (χ1n) is 8.94. The molecule has 2 aromatic carbocycles. The number of benzene rings is 2. The van der Waals surface area contributed by atoms with Crippen molar-refractivity contribution in [3.05, 3.63) is 71.8 Å². The summed E-state index contributed by atoms with van der Waals surface area (Å²) in [6, 6.07) is 11.6. The number of nitrogen functional groups attached to an aromatic ring is 1. The fraction of sp³-hybridized carbons (Fsp3) is 0.100. The van der Waals surface area contributed by atoms with Gasteiger partial charge in [0.05, 0.1) is 12.2 Å². The normalized spacial score (nSPS) is 10.2. The zero-order valence-corrected chi connectivity index (χ0v) is 16.0. The molecule has 30 heavy (non-hydrogen) atoms. The Morgan fingerprint density at radius 2 is 1.63 bits per heavy atom. The highest BCUT2D eigenvalue weighted by Crippen LogP contribution is 2.25. The van der Waals surface area contributed by atoms with Crippen molar-refractivity contribution in [3.63, 3.8) is 0 Å². The van der Waals surface area contributed by atoms with Crippen molar-refractivity contribution in [1.29, 1.82) is 0 Å². The van der Waals surface area contributed by atoms with E-state index < -0.39 is 17.7 Å². The monoisotopic (exact) mass is 410 g/mol. The average molecular weight is 410 g/mol. The topological polar surface area (TPSA) is 131 Å². The summed E-state index contributed by atoms with van der Waals surface area (Å²) in [6.07, 6.45) is 1.26. The first-order chi connectivity index (χ1) is 14.5. The molecule has 5 N–H and O–H groups in total. The van der Waals surface area contributed by atoms with Gasteiger partial charge in [0.15, 0.2) is 11.6 Å². The van der Waals surface area contributed by atoms with E-state index in [1.807, 2.05) is 0 Å². The molecule has 1 aromatic heterocycles. The van der Waals surface area contributed by atoms with Crippen LogP contribution in [0.5, 0.6) is 0 Å². The molecule has 0 saturated heterocycles. The Bertz CT molecular complexity index is 1040. The van der Waals surface area contributed by atoms with Crippen LogP contribution in [0.25, 0.3) is 0 Å². The lowest BCUT2D eigenvalue weighted by atomic mass is 10.2. The Kier molecular flexibility index (Phi) is 6.38. The van der Waals surface area contributed by atoms with Crippen molar-refractivity contribution in [3.8, 4) is 0 Å². The number of halogens is 1. The Morgan fingerprint density at radius 1 is 1.00 bits per heavy atom. The van der Waals surface area contributed by atoms with E-state index in [4.69, 9.17) is 10.5 Å². The molecule has 0 aliphatic rings. The Morgan fingerprint density at radius 3 is 2.30 bits per heavy atom. The summed E-state index contributed by atoms with van der Waals surface area (Å²) in [5, 5.41) is 3.01. The number of nitrogens with two attached hydrogens (primary N) is 1. The van der Waals surface area contributed by atoms with Gasteiger partial charge in [0.1, 0.15) is 17.8 Å². The van der Waals surface area contributed by atoms with Crippen LogP contribution in [0.3, 0.4) is 0 Å². The van der Waals surface area contributed by atoms with Crippen molar-refractivity contribution in [2.45, 2.75) is 6.92 Å². The first kappa shape index (κ1) is 20.5. The first-order valence-corrected chi connectivity index (χ1v) is 8.94. The summed E-state index contributed by atoms with van der Waals surface area (Å²) in [7, 11) is 0. The molecule has 10 heteroatoms. The van der Waals surface area contributed by atoms with E-state index in [1.165, 1.54) is 30.6 Å². The van der Waals surface area contributed by atoms with Crippen LogP contribution in [-0.4, -0.2) is 28.5 Å². The fourth-order valence-electron chi connectivity index (χ4n) is 2.42. The number of hydrazine groups is 1. The summed E-state index contributed by atoms with van der Waals surface area (Å²) in [5.41, 5.74) is 12.6. The fourth-order valence-corrected chi connectivity index (χ4v) is 2.42. The number of esters is 1. The quantitative estimate of drug-likeness (QED) is 0.345. The number of hydrogen-bond donors (Lipinski definition) is 4. The van der Waals surface area contributed by atoms with E-state index in [0.29, 0.717) is 23.7 Å². The smallest absolute Gasteiger partial charge is 0.338 e. The highest BCUT2D eigenvalue weighted by molar-refractivity contribution is 5.95. The van der Waals surface area contributed by atoms with Crippen LogP contribution in [0.15, 0.2) is 54.9 Å². The number of nitrogens with zero attached hydrogens (tertiary/aromatic N) is 2. The van der Waals surface area contributed by atoms with Gasteiger partial charge in [0.25, 0.3) is 5.91 Å². The van der Waals surface area contributed by atoms with Gasteiger partial charge >= 0.3 is 5.97 Å². The van der Waals surface area contributed by atoms with E-state index >= 15 is 0 Å². The third kappa shape index (κ3) is 4.98. The molecular weight excluding hydrogens is 391 g/mol. The maximum absolute atomic E-state index is 13.0. The molecule has 0 radical (unpaired) electrons. The molecule has 0 aliphatic heterocycles. The summed E-state index contributed by atoms with van der Waals surface area (Å²) in [4.78, 5) is 31.9. The minimum absolute atomic E-state index is 0.159. The molecule has 0 bridgehead atoms. The zero-order chi connectivity index (χ0) is 21.5. The molecule has 0 fully saturated rings. The van der Waals surface area contributed by atoms with Gasteiger partial charge in [-0.05, 0) is 55.5 Å². The summed E-state index contributed by atoms with van der Waals surface area (Å²) < 4.78 is 17.9. The lowest BCUT2D eigenvalue weighted by molar-refractivity contribution is 0.0526. The van der Waals surface area contributed by atoms with Crippen molar-refractivity contribution in [2.24, 2.45) is 0 Å². The molecule has 1 amide bonds. The maximum atomic E-state index is 13.0. The number of nitrogens with one attached hydrogen (secondary N) is 3. The number of amides is 1. The molecular formula is C20H19FN6O3. The van der Waals surface area contributed by atoms with E-state index in [0.717, 1.165) is 0 Å². The number of ether oxygens (including phenoxy) is 1. The van der Waals surface area contributed by atoms with Crippen molar-refractivity contribution in [2.75, 3.05) is 23.1 Å². The molecule has 9 nitrogen and oxygen atoms in total. The number of aromatic nitrogens is 2. The lowest BCUT2D eigenvalue weighted by Gasteiger charge is -2.13. The molecule has 3 aromatic rings. The zero-order valence-electron chi connectivity index (χ0n) is 16.0. The highest BCUT2D eigenvalue weighted by atomic mass is 19.1. The minimum Gasteiger partial charge on any atom is -0.462 e. The Balaban J connectivity index is 1.66. The molecule has 154 valence electrons. The van der Waals surface area contributed by atoms with Crippen molar-refractivity contribution < 1.29 is 18.7 Å². The van der Waals surface area contributed by atoms with Crippen LogP contribution in [0.2, 0.25) is 0 Å². The van der Waals surface area contributed by atoms with Crippen molar-refractivity contribution in [1.82, 2.24) is 15.4 Å². The van der Waals surface area contributed by atoms with Gasteiger partial charge in [-0.15, -0.1) is 0 Å². The number of carbonyl (C=O) groups is 2. The molecule has 0 spiro atoms. The second kappa shape index (κ2) is 9.32. The molecule has 1 heterocycles. The van der Waals surface area contributed by atoms with Gasteiger partial charge in [-0.3, -0.25) is 15.6 Å². The summed E-state index contributed by atoms with van der Waals surface area (Å²) in [5.74, 6) is -0.866. The van der Waals surface area contributed by atoms with E-state index in [2.05, 4.69) is 26.1 Å². The third-order valence-corrected chi connectivity index (χ3v) is 3.94. The van der Waals surface area contributed by atoms with Gasteiger partial charge in [-0.2, -0.15) is 0 Å². The van der Waals surface area contributed by atoms with E-state index in [1.54, 1.807) is 31.2 Å². The average Bonchev–Trinajstić information content (AvgIpc) is 2.75. The summed E-state index contributed by atoms with van der Waals surface area (Å²) in [6.45, 7) is 2.03. The third-order valence-electron chi connectivity index (χ3n) is 3.94. The molecule has 0 unspecified atom stereocenters. The SMILES string of the molecule is CCOC(=O)c1ccc(Nc2ncnc(NNC(=O)c3ccc(F)cc3)c2N)cc1. The Labute approximate surface area is 171 Å². The van der Waals surface area contributed by atoms with Gasteiger partial charge in [0, 0.05) is 11.3 Å². The minimum atomic E-state index is -0.489. The largest absolute Gasteiger partial charge is 0.462 e. The highest BCUT2D eigenvalue weighted by Gasteiger charge is 2.11. The maximum Gasteiger partial charge on any atom is 0.338 e. The molecule has 3 rings (SSSR count). The molecule has 0 saturated carbocycles. The number of anilines is 4. The lowest BCUT2D eigenvalue weighted by Crippen LogP contribution is -2.30. The second-order valence-electron chi connectivity index (χ2n) is 5.99. The predicted octanol–water partition coefficient (Wildman–Crippen LogP) is 2.88.